The van der Waals surface area contributed by atoms with Crippen LogP contribution >= 0.6 is 0 Å². The fraction of sp³-hybridized carbons (Fsp3) is 0. The molecule has 0 spiro atoms. The monoisotopic (exact) mass is 213 g/mol. The van der Waals surface area contributed by atoms with E-state index in [0.717, 1.165) is 0 Å². The molecule has 17 N–H and O–H groups in total. The molecule has 0 aliphatic carbocycles. The van der Waals surface area contributed by atoms with Crippen molar-refractivity contribution in [3.8, 4) is 0 Å². The van der Waals surface area contributed by atoms with Gasteiger partial charge in [0.05, 0.1) is 0 Å². The first kappa shape index (κ1) is 53.6. The van der Waals surface area contributed by atoms with Crippen LogP contribution in [0.3, 0.4) is 0 Å². The summed E-state index contributed by atoms with van der Waals surface area (Å²) in [7, 11) is -4.33. The molecule has 88 valence electrons. The summed E-state index contributed by atoms with van der Waals surface area (Å²) in [6, 6.07) is 0. The van der Waals surface area contributed by atoms with Gasteiger partial charge < -0.3 is 58.2 Å². The molecule has 13 heavy (non-hydrogen) atoms. The maximum atomic E-state index is 7.17. The van der Waals surface area contributed by atoms with E-state index in [2.05, 4.69) is 0 Å². The SMILES string of the molecule is N.O.O.O.O.OB(O)O.OB(O)O. The molecule has 0 aliphatic rings. The van der Waals surface area contributed by atoms with Crippen molar-refractivity contribution < 1.29 is 52.0 Å². The summed E-state index contributed by atoms with van der Waals surface area (Å²) >= 11 is 0. The summed E-state index contributed by atoms with van der Waals surface area (Å²) in [5.74, 6) is 0. The second kappa shape index (κ2) is 41.3. The summed E-state index contributed by atoms with van der Waals surface area (Å²) in [5.41, 5.74) is 0. The van der Waals surface area contributed by atoms with Crippen LogP contribution in [0.4, 0.5) is 0 Å². The highest BCUT2D eigenvalue weighted by Gasteiger charge is 1.93. The Morgan fingerprint density at radius 2 is 0.462 bits per heavy atom. The first-order valence-corrected chi connectivity index (χ1v) is 1.55. The van der Waals surface area contributed by atoms with E-state index in [0.29, 0.717) is 0 Å². The van der Waals surface area contributed by atoms with Gasteiger partial charge in [-0.3, -0.25) is 0 Å². The number of hydrogen-bond donors (Lipinski definition) is 7. The Balaban J connectivity index is -0.00000000800. The molecule has 0 unspecified atom stereocenters. The van der Waals surface area contributed by atoms with Crippen molar-refractivity contribution in [2.24, 2.45) is 0 Å². The van der Waals surface area contributed by atoms with Crippen LogP contribution in [-0.2, 0) is 0 Å². The second-order valence-corrected chi connectivity index (χ2v) is 0.693. The lowest BCUT2D eigenvalue weighted by molar-refractivity contribution is 0.276. The minimum Gasteiger partial charge on any atom is -0.412 e. The van der Waals surface area contributed by atoms with Crippen LogP contribution in [0.15, 0.2) is 0 Å². The second-order valence-electron chi connectivity index (χ2n) is 0.693. The molecule has 0 aromatic heterocycles. The van der Waals surface area contributed by atoms with E-state index >= 15 is 0 Å². The number of hydrogen-bond acceptors (Lipinski definition) is 7. The maximum absolute atomic E-state index is 7.17. The van der Waals surface area contributed by atoms with Gasteiger partial charge in [-0.15, -0.1) is 0 Å². The third-order valence-electron chi connectivity index (χ3n) is 0. The average molecular weight is 213 g/mol. The van der Waals surface area contributed by atoms with Crippen LogP contribution in [0.25, 0.3) is 0 Å². The van der Waals surface area contributed by atoms with Crippen LogP contribution in [-0.4, -0.2) is 66.7 Å². The molecule has 0 bridgehead atoms. The standard InChI is InChI=1S/2BH3O3.H3N.4H2O/c2*2-1(3)4;;;;;/h2*2-4H;1H3;4*1H2. The minimum atomic E-state index is -2.17. The van der Waals surface area contributed by atoms with Crippen LogP contribution in [0.5, 0.6) is 0 Å². The minimum absolute atomic E-state index is 0. The molecule has 0 atom stereocenters. The molecule has 0 rings (SSSR count). The van der Waals surface area contributed by atoms with Gasteiger partial charge in [-0.2, -0.15) is 0 Å². The van der Waals surface area contributed by atoms with Gasteiger partial charge in [-0.25, -0.2) is 0 Å². The zero-order valence-electron chi connectivity index (χ0n) is 6.55. The van der Waals surface area contributed by atoms with Crippen molar-refractivity contribution in [3.05, 3.63) is 0 Å². The molecule has 0 saturated heterocycles. The van der Waals surface area contributed by atoms with Gasteiger partial charge in [0.15, 0.2) is 0 Å². The zero-order valence-corrected chi connectivity index (χ0v) is 6.55. The Morgan fingerprint density at radius 1 is 0.462 bits per heavy atom. The molecule has 11 nitrogen and oxygen atoms in total. The fourth-order valence-electron chi connectivity index (χ4n) is 0. The molecule has 0 aromatic carbocycles. The van der Waals surface area contributed by atoms with E-state index in [9.17, 15) is 0 Å². The lowest BCUT2D eigenvalue weighted by atomic mass is 10.3. The Morgan fingerprint density at radius 3 is 0.462 bits per heavy atom. The highest BCUT2D eigenvalue weighted by Crippen LogP contribution is 1.40. The van der Waals surface area contributed by atoms with E-state index in [4.69, 9.17) is 30.1 Å². The topological polar surface area (TPSA) is 282 Å². The van der Waals surface area contributed by atoms with E-state index in [1.807, 2.05) is 0 Å². The molecule has 0 fully saturated rings. The maximum Gasteiger partial charge on any atom is 0.631 e. The van der Waals surface area contributed by atoms with Crippen LogP contribution in [0.2, 0.25) is 0 Å². The normalized spacial score (nSPS) is 4.15. The summed E-state index contributed by atoms with van der Waals surface area (Å²) in [6.45, 7) is 0. The smallest absolute Gasteiger partial charge is 0.412 e. The average Bonchev–Trinajstić information content (AvgIpc) is 1.25. The van der Waals surface area contributed by atoms with Crippen molar-refractivity contribution >= 4 is 14.6 Å². The summed E-state index contributed by atoms with van der Waals surface area (Å²) < 4.78 is 0. The quantitative estimate of drug-likeness (QED) is 0.190. The van der Waals surface area contributed by atoms with Gasteiger partial charge in [-0.1, -0.05) is 0 Å². The Labute approximate surface area is 74.1 Å². The summed E-state index contributed by atoms with van der Waals surface area (Å²) in [5, 5.41) is 43.0. The predicted octanol–water partition coefficient (Wildman–Crippen LogP) is -7.24. The van der Waals surface area contributed by atoms with Crippen LogP contribution < -0.4 is 6.15 Å². The highest BCUT2D eigenvalue weighted by molar-refractivity contribution is 6.30. The third kappa shape index (κ3) is 11400. The van der Waals surface area contributed by atoms with Crippen molar-refractivity contribution in [1.82, 2.24) is 6.15 Å². The summed E-state index contributed by atoms with van der Waals surface area (Å²) in [6.07, 6.45) is 0. The first-order valence-electron chi connectivity index (χ1n) is 1.55. The summed E-state index contributed by atoms with van der Waals surface area (Å²) in [4.78, 5) is 0. The molecular weight excluding hydrogens is 196 g/mol. The van der Waals surface area contributed by atoms with Gasteiger partial charge in [0.2, 0.25) is 0 Å². The van der Waals surface area contributed by atoms with Gasteiger partial charge in [0.25, 0.3) is 0 Å². The van der Waals surface area contributed by atoms with Gasteiger partial charge >= 0.3 is 14.6 Å². The molecular formula is H17B2NO10. The van der Waals surface area contributed by atoms with Crippen molar-refractivity contribution in [2.75, 3.05) is 0 Å². The van der Waals surface area contributed by atoms with Gasteiger partial charge in [0.1, 0.15) is 0 Å². The van der Waals surface area contributed by atoms with Crippen LogP contribution in [0, 0.1) is 0 Å². The van der Waals surface area contributed by atoms with E-state index in [1.165, 1.54) is 0 Å². The van der Waals surface area contributed by atoms with E-state index < -0.39 is 14.6 Å². The third-order valence-corrected chi connectivity index (χ3v) is 0. The number of rotatable bonds is 0. The highest BCUT2D eigenvalue weighted by atomic mass is 16.5. The lowest BCUT2D eigenvalue weighted by Gasteiger charge is -1.69. The lowest BCUT2D eigenvalue weighted by Crippen LogP contribution is -2.07. The fourth-order valence-corrected chi connectivity index (χ4v) is 0. The first-order chi connectivity index (χ1) is 3.46. The molecule has 13 heteroatoms. The molecule has 0 aromatic rings. The molecule has 0 amide bonds. The molecule has 0 heterocycles. The van der Waals surface area contributed by atoms with Crippen molar-refractivity contribution in [2.45, 2.75) is 0 Å². The molecule has 0 radical (unpaired) electrons. The van der Waals surface area contributed by atoms with E-state index in [-0.39, 0.29) is 28.1 Å². The molecule has 0 saturated carbocycles. The van der Waals surface area contributed by atoms with Crippen molar-refractivity contribution in [1.29, 1.82) is 0 Å². The van der Waals surface area contributed by atoms with Gasteiger partial charge in [-0.05, 0) is 0 Å². The van der Waals surface area contributed by atoms with E-state index in [1.54, 1.807) is 0 Å². The molecule has 0 aliphatic heterocycles. The largest absolute Gasteiger partial charge is 0.631 e. The Hall–Kier alpha value is -0.310. The van der Waals surface area contributed by atoms with Gasteiger partial charge in [0, 0.05) is 0 Å². The Bertz CT molecular complexity index is 28.4. The Kier molecular flexibility index (Phi) is 170. The zero-order chi connectivity index (χ0) is 7.15. The predicted molar refractivity (Wildman–Crippen MR) is 44.3 cm³/mol. The van der Waals surface area contributed by atoms with Crippen molar-refractivity contribution in [3.63, 3.8) is 0 Å². The van der Waals surface area contributed by atoms with Crippen LogP contribution in [0.1, 0.15) is 0 Å².